The van der Waals surface area contributed by atoms with E-state index in [0.717, 1.165) is 30.4 Å². The normalized spacial score (nSPS) is 16.4. The Bertz CT molecular complexity index is 595. The fraction of sp³-hybridized carbons (Fsp3) is 0.571. The lowest BCUT2D eigenvalue weighted by atomic mass is 9.93. The number of hydrogen-bond donors (Lipinski definition) is 2. The van der Waals surface area contributed by atoms with Gasteiger partial charge in [0.25, 0.3) is 0 Å². The van der Waals surface area contributed by atoms with E-state index in [4.69, 9.17) is 10.8 Å². The van der Waals surface area contributed by atoms with Gasteiger partial charge in [0, 0.05) is 18.3 Å². The first kappa shape index (κ1) is 15.3. The van der Waals surface area contributed by atoms with Gasteiger partial charge in [0.15, 0.2) is 0 Å². The number of hydrogen-bond acceptors (Lipinski definition) is 4. The Balaban J connectivity index is 2.47. The van der Waals surface area contributed by atoms with Crippen molar-refractivity contribution in [1.29, 1.82) is 0 Å². The number of benzene rings is 1. The lowest BCUT2D eigenvalue weighted by molar-refractivity contribution is 0.178. The van der Waals surface area contributed by atoms with Crippen LogP contribution in [0.15, 0.2) is 17.0 Å². The third kappa shape index (κ3) is 2.68. The van der Waals surface area contributed by atoms with E-state index in [9.17, 15) is 8.42 Å². The molecule has 0 radical (unpaired) electrons. The summed E-state index contributed by atoms with van der Waals surface area (Å²) >= 11 is 0. The van der Waals surface area contributed by atoms with Crippen molar-refractivity contribution in [3.8, 4) is 0 Å². The van der Waals surface area contributed by atoms with Crippen molar-refractivity contribution in [2.75, 3.05) is 18.9 Å². The second kappa shape index (κ2) is 5.71. The largest absolute Gasteiger partial charge is 0.399 e. The van der Waals surface area contributed by atoms with Crippen LogP contribution in [0.5, 0.6) is 0 Å². The molecule has 0 aromatic heterocycles. The van der Waals surface area contributed by atoms with Gasteiger partial charge in [-0.05, 0) is 49.9 Å². The molecule has 0 heterocycles. The van der Waals surface area contributed by atoms with Gasteiger partial charge in [0.2, 0.25) is 10.0 Å². The molecule has 0 aliphatic heterocycles. The number of rotatable bonds is 5. The predicted octanol–water partition coefficient (Wildman–Crippen LogP) is 1.42. The van der Waals surface area contributed by atoms with Crippen LogP contribution in [0.25, 0.3) is 0 Å². The number of nitrogens with zero attached hydrogens (tertiary/aromatic N) is 1. The van der Waals surface area contributed by atoms with Crippen molar-refractivity contribution < 1.29 is 13.5 Å². The zero-order valence-corrected chi connectivity index (χ0v) is 12.8. The molecule has 20 heavy (non-hydrogen) atoms. The standard InChI is InChI=1S/C14H22N2O3S/c1-10-8-12(15)9-14(11(10)2)20(18,19)16(6-7-17)13-4-3-5-13/h8-9,13,17H,3-7,15H2,1-2H3. The van der Waals surface area contributed by atoms with Crippen LogP contribution >= 0.6 is 0 Å². The van der Waals surface area contributed by atoms with Crippen molar-refractivity contribution in [2.24, 2.45) is 0 Å². The zero-order valence-electron chi connectivity index (χ0n) is 12.0. The Morgan fingerprint density at radius 1 is 1.35 bits per heavy atom. The monoisotopic (exact) mass is 298 g/mol. The molecule has 112 valence electrons. The summed E-state index contributed by atoms with van der Waals surface area (Å²) < 4.78 is 27.1. The molecular formula is C14H22N2O3S. The number of nitrogens with two attached hydrogens (primary N) is 1. The molecule has 0 atom stereocenters. The molecule has 5 nitrogen and oxygen atoms in total. The highest BCUT2D eigenvalue weighted by Crippen LogP contribution is 2.32. The highest BCUT2D eigenvalue weighted by Gasteiger charge is 2.35. The molecule has 0 saturated heterocycles. The van der Waals surface area contributed by atoms with E-state index in [0.29, 0.717) is 5.69 Å². The molecule has 1 aromatic carbocycles. The summed E-state index contributed by atoms with van der Waals surface area (Å²) in [4.78, 5) is 0.260. The maximum atomic E-state index is 12.8. The van der Waals surface area contributed by atoms with Crippen LogP contribution in [0, 0.1) is 13.8 Å². The smallest absolute Gasteiger partial charge is 0.243 e. The van der Waals surface area contributed by atoms with Crippen LogP contribution in [0.1, 0.15) is 30.4 Å². The molecular weight excluding hydrogens is 276 g/mol. The molecule has 3 N–H and O–H groups in total. The molecule has 1 saturated carbocycles. The first-order valence-corrected chi connectivity index (χ1v) is 8.31. The minimum Gasteiger partial charge on any atom is -0.399 e. The molecule has 0 spiro atoms. The Morgan fingerprint density at radius 2 is 2.00 bits per heavy atom. The summed E-state index contributed by atoms with van der Waals surface area (Å²) in [5.41, 5.74) is 7.82. The average molecular weight is 298 g/mol. The van der Waals surface area contributed by atoms with Crippen LogP contribution in [-0.4, -0.2) is 37.0 Å². The third-order valence-corrected chi connectivity index (χ3v) is 6.11. The van der Waals surface area contributed by atoms with Gasteiger partial charge in [0.1, 0.15) is 0 Å². The van der Waals surface area contributed by atoms with Crippen molar-refractivity contribution in [2.45, 2.75) is 44.0 Å². The lowest BCUT2D eigenvalue weighted by Gasteiger charge is -2.36. The van der Waals surface area contributed by atoms with Crippen LogP contribution in [0.3, 0.4) is 0 Å². The number of nitrogen functional groups attached to an aromatic ring is 1. The molecule has 0 unspecified atom stereocenters. The quantitative estimate of drug-likeness (QED) is 0.805. The van der Waals surface area contributed by atoms with Crippen LogP contribution in [0.4, 0.5) is 5.69 Å². The summed E-state index contributed by atoms with van der Waals surface area (Å²) in [6.45, 7) is 3.61. The minimum atomic E-state index is -3.61. The molecule has 2 rings (SSSR count). The van der Waals surface area contributed by atoms with E-state index in [2.05, 4.69) is 0 Å². The molecule has 0 bridgehead atoms. The highest BCUT2D eigenvalue weighted by atomic mass is 32.2. The van der Waals surface area contributed by atoms with Gasteiger partial charge in [-0.2, -0.15) is 4.31 Å². The second-order valence-electron chi connectivity index (χ2n) is 5.39. The average Bonchev–Trinajstić information content (AvgIpc) is 2.30. The number of aliphatic hydroxyl groups excluding tert-OH is 1. The summed E-state index contributed by atoms with van der Waals surface area (Å²) in [7, 11) is -3.61. The number of sulfonamides is 1. The van der Waals surface area contributed by atoms with E-state index in [1.165, 1.54) is 10.4 Å². The van der Waals surface area contributed by atoms with Crippen LogP contribution in [-0.2, 0) is 10.0 Å². The van der Waals surface area contributed by atoms with E-state index in [1.807, 2.05) is 6.92 Å². The highest BCUT2D eigenvalue weighted by molar-refractivity contribution is 7.89. The van der Waals surface area contributed by atoms with Gasteiger partial charge in [-0.25, -0.2) is 8.42 Å². The fourth-order valence-electron chi connectivity index (χ4n) is 2.52. The van der Waals surface area contributed by atoms with Crippen molar-refractivity contribution in [3.05, 3.63) is 23.3 Å². The second-order valence-corrected chi connectivity index (χ2v) is 7.24. The number of aryl methyl sites for hydroxylation is 1. The third-order valence-electron chi connectivity index (χ3n) is 4.03. The van der Waals surface area contributed by atoms with Crippen molar-refractivity contribution in [1.82, 2.24) is 4.31 Å². The van der Waals surface area contributed by atoms with E-state index < -0.39 is 10.0 Å². The van der Waals surface area contributed by atoms with E-state index in [1.54, 1.807) is 13.0 Å². The van der Waals surface area contributed by atoms with E-state index >= 15 is 0 Å². The molecule has 1 fully saturated rings. The number of aliphatic hydroxyl groups is 1. The molecule has 1 aliphatic rings. The summed E-state index contributed by atoms with van der Waals surface area (Å²) in [5, 5.41) is 9.16. The van der Waals surface area contributed by atoms with E-state index in [-0.39, 0.29) is 24.1 Å². The Kier molecular flexibility index (Phi) is 4.36. The summed E-state index contributed by atoms with van der Waals surface area (Å²) in [6, 6.07) is 3.29. The van der Waals surface area contributed by atoms with Gasteiger partial charge in [-0.3, -0.25) is 0 Å². The van der Waals surface area contributed by atoms with Gasteiger partial charge < -0.3 is 10.8 Å². The van der Waals surface area contributed by atoms with Gasteiger partial charge in [-0.1, -0.05) is 6.42 Å². The maximum Gasteiger partial charge on any atom is 0.243 e. The van der Waals surface area contributed by atoms with Crippen molar-refractivity contribution >= 4 is 15.7 Å². The first-order valence-electron chi connectivity index (χ1n) is 6.87. The van der Waals surface area contributed by atoms with Gasteiger partial charge in [-0.15, -0.1) is 0 Å². The van der Waals surface area contributed by atoms with Crippen LogP contribution in [0.2, 0.25) is 0 Å². The number of anilines is 1. The minimum absolute atomic E-state index is 0.00767. The molecule has 0 amide bonds. The van der Waals surface area contributed by atoms with Crippen LogP contribution < -0.4 is 5.73 Å². The van der Waals surface area contributed by atoms with Gasteiger partial charge in [0.05, 0.1) is 11.5 Å². The zero-order chi connectivity index (χ0) is 14.9. The molecule has 6 heteroatoms. The topological polar surface area (TPSA) is 83.6 Å². The lowest BCUT2D eigenvalue weighted by Crippen LogP contribution is -2.45. The summed E-state index contributed by atoms with van der Waals surface area (Å²) in [6.07, 6.45) is 2.76. The Morgan fingerprint density at radius 3 is 2.50 bits per heavy atom. The summed E-state index contributed by atoms with van der Waals surface area (Å²) in [5.74, 6) is 0. The fourth-order valence-corrected chi connectivity index (χ4v) is 4.53. The Labute approximate surface area is 120 Å². The Hall–Kier alpha value is -1.11. The molecule has 1 aliphatic carbocycles. The maximum absolute atomic E-state index is 12.8. The SMILES string of the molecule is Cc1cc(N)cc(S(=O)(=O)N(CCO)C2CCC2)c1C. The predicted molar refractivity (Wildman–Crippen MR) is 78.9 cm³/mol. The molecule has 1 aromatic rings. The van der Waals surface area contributed by atoms with Crippen molar-refractivity contribution in [3.63, 3.8) is 0 Å². The van der Waals surface area contributed by atoms with Gasteiger partial charge >= 0.3 is 0 Å². The first-order chi connectivity index (χ1) is 9.37.